The fraction of sp³-hybridized carbons (Fsp3) is 0.647. The molecular formula is C17H28N2. The van der Waals surface area contributed by atoms with Crippen molar-refractivity contribution in [2.75, 3.05) is 0 Å². The Morgan fingerprint density at radius 2 is 1.89 bits per heavy atom. The van der Waals surface area contributed by atoms with Gasteiger partial charge in [-0.2, -0.15) is 0 Å². The number of hydrazine groups is 1. The number of aryl methyl sites for hydroxylation is 2. The van der Waals surface area contributed by atoms with Crippen molar-refractivity contribution >= 4 is 0 Å². The molecule has 2 nitrogen and oxygen atoms in total. The van der Waals surface area contributed by atoms with Crippen molar-refractivity contribution in [1.82, 2.24) is 5.43 Å². The van der Waals surface area contributed by atoms with Gasteiger partial charge in [-0.15, -0.1) is 0 Å². The van der Waals surface area contributed by atoms with Crippen LogP contribution >= 0.6 is 0 Å². The van der Waals surface area contributed by atoms with E-state index < -0.39 is 0 Å². The Morgan fingerprint density at radius 3 is 2.47 bits per heavy atom. The summed E-state index contributed by atoms with van der Waals surface area (Å²) in [6.45, 7) is 6.66. The molecule has 1 aliphatic carbocycles. The highest BCUT2D eigenvalue weighted by Crippen LogP contribution is 2.38. The molecule has 0 saturated heterocycles. The monoisotopic (exact) mass is 260 g/mol. The molecular weight excluding hydrogens is 232 g/mol. The SMILES string of the molecule is CCC1CCC(C(NN)c2cc(C)ccc2C)CC1. The van der Waals surface area contributed by atoms with Crippen molar-refractivity contribution in [2.45, 2.75) is 58.9 Å². The van der Waals surface area contributed by atoms with Crippen LogP contribution in [0.25, 0.3) is 0 Å². The molecule has 1 unspecified atom stereocenters. The number of rotatable bonds is 4. The maximum Gasteiger partial charge on any atom is 0.0490 e. The molecule has 3 N–H and O–H groups in total. The van der Waals surface area contributed by atoms with Gasteiger partial charge in [0.1, 0.15) is 0 Å². The van der Waals surface area contributed by atoms with Gasteiger partial charge < -0.3 is 0 Å². The first-order valence-corrected chi connectivity index (χ1v) is 7.69. The first-order valence-electron chi connectivity index (χ1n) is 7.69. The van der Waals surface area contributed by atoms with Crippen molar-refractivity contribution in [3.63, 3.8) is 0 Å². The minimum Gasteiger partial charge on any atom is -0.271 e. The highest BCUT2D eigenvalue weighted by molar-refractivity contribution is 5.33. The van der Waals surface area contributed by atoms with Gasteiger partial charge in [0.2, 0.25) is 0 Å². The molecule has 2 heteroatoms. The van der Waals surface area contributed by atoms with E-state index >= 15 is 0 Å². The largest absolute Gasteiger partial charge is 0.271 e. The second-order valence-corrected chi connectivity index (χ2v) is 6.19. The number of benzene rings is 1. The van der Waals surface area contributed by atoms with E-state index in [1.165, 1.54) is 48.8 Å². The molecule has 0 bridgehead atoms. The summed E-state index contributed by atoms with van der Waals surface area (Å²) < 4.78 is 0. The molecule has 1 aromatic carbocycles. The van der Waals surface area contributed by atoms with Crippen molar-refractivity contribution in [2.24, 2.45) is 17.7 Å². The number of nitrogens with one attached hydrogen (secondary N) is 1. The fourth-order valence-electron chi connectivity index (χ4n) is 3.50. The van der Waals surface area contributed by atoms with Crippen LogP contribution in [0, 0.1) is 25.7 Å². The average molecular weight is 260 g/mol. The Labute approximate surface area is 117 Å². The summed E-state index contributed by atoms with van der Waals surface area (Å²) in [5.41, 5.74) is 7.16. The lowest BCUT2D eigenvalue weighted by Gasteiger charge is -2.34. The molecule has 0 aliphatic heterocycles. The summed E-state index contributed by atoms with van der Waals surface area (Å²) in [6.07, 6.45) is 6.67. The molecule has 1 saturated carbocycles. The third-order valence-corrected chi connectivity index (χ3v) is 4.89. The molecule has 19 heavy (non-hydrogen) atoms. The molecule has 0 aromatic heterocycles. The summed E-state index contributed by atoms with van der Waals surface area (Å²) in [4.78, 5) is 0. The van der Waals surface area contributed by atoms with Crippen molar-refractivity contribution < 1.29 is 0 Å². The molecule has 106 valence electrons. The van der Waals surface area contributed by atoms with Crippen molar-refractivity contribution in [3.05, 3.63) is 34.9 Å². The van der Waals surface area contributed by atoms with E-state index in [-0.39, 0.29) is 0 Å². The normalized spacial score (nSPS) is 25.3. The van der Waals surface area contributed by atoms with Crippen LogP contribution in [0.4, 0.5) is 0 Å². The van der Waals surface area contributed by atoms with Gasteiger partial charge in [-0.3, -0.25) is 11.3 Å². The summed E-state index contributed by atoms with van der Waals surface area (Å²) in [5, 5.41) is 0. The van der Waals surface area contributed by atoms with Crippen LogP contribution in [-0.2, 0) is 0 Å². The molecule has 0 heterocycles. The van der Waals surface area contributed by atoms with E-state index in [0.717, 1.165) is 5.92 Å². The van der Waals surface area contributed by atoms with Crippen LogP contribution in [-0.4, -0.2) is 0 Å². The van der Waals surface area contributed by atoms with Gasteiger partial charge in [0.15, 0.2) is 0 Å². The molecule has 0 spiro atoms. The molecule has 1 aromatic rings. The lowest BCUT2D eigenvalue weighted by molar-refractivity contribution is 0.219. The number of hydrogen-bond acceptors (Lipinski definition) is 2. The summed E-state index contributed by atoms with van der Waals surface area (Å²) in [5.74, 6) is 7.50. The van der Waals surface area contributed by atoms with Gasteiger partial charge in [-0.1, -0.05) is 49.9 Å². The summed E-state index contributed by atoms with van der Waals surface area (Å²) in [7, 11) is 0. The first kappa shape index (κ1) is 14.5. The third kappa shape index (κ3) is 3.37. The Bertz CT molecular complexity index is 406. The maximum absolute atomic E-state index is 5.87. The van der Waals surface area contributed by atoms with Gasteiger partial charge in [-0.25, -0.2) is 0 Å². The third-order valence-electron chi connectivity index (χ3n) is 4.89. The highest BCUT2D eigenvalue weighted by Gasteiger charge is 2.28. The van der Waals surface area contributed by atoms with Crippen molar-refractivity contribution in [3.8, 4) is 0 Å². The van der Waals surface area contributed by atoms with Crippen LogP contribution in [0.15, 0.2) is 18.2 Å². The Balaban J connectivity index is 2.14. The van der Waals surface area contributed by atoms with Gasteiger partial charge in [0.25, 0.3) is 0 Å². The van der Waals surface area contributed by atoms with Gasteiger partial charge in [0.05, 0.1) is 0 Å². The zero-order chi connectivity index (χ0) is 13.8. The van der Waals surface area contributed by atoms with E-state index in [4.69, 9.17) is 5.84 Å². The first-order chi connectivity index (χ1) is 9.15. The predicted octanol–water partition coefficient (Wildman–Crippen LogP) is 4.02. The molecule has 1 fully saturated rings. The Kier molecular flexibility index (Phi) is 5.00. The molecule has 0 radical (unpaired) electrons. The highest BCUT2D eigenvalue weighted by atomic mass is 15.2. The molecule has 1 aliphatic rings. The molecule has 2 rings (SSSR count). The van der Waals surface area contributed by atoms with E-state index in [9.17, 15) is 0 Å². The van der Waals surface area contributed by atoms with E-state index in [1.54, 1.807) is 0 Å². The smallest absolute Gasteiger partial charge is 0.0490 e. The topological polar surface area (TPSA) is 38.0 Å². The Hall–Kier alpha value is -0.860. The number of nitrogens with two attached hydrogens (primary N) is 1. The number of hydrogen-bond donors (Lipinski definition) is 2. The van der Waals surface area contributed by atoms with Crippen LogP contribution in [0.5, 0.6) is 0 Å². The minimum absolute atomic E-state index is 0.317. The van der Waals surface area contributed by atoms with E-state index in [0.29, 0.717) is 12.0 Å². The van der Waals surface area contributed by atoms with Crippen LogP contribution in [0.2, 0.25) is 0 Å². The fourth-order valence-corrected chi connectivity index (χ4v) is 3.50. The zero-order valence-corrected chi connectivity index (χ0v) is 12.6. The maximum atomic E-state index is 5.87. The van der Waals surface area contributed by atoms with Crippen LogP contribution in [0.3, 0.4) is 0 Å². The summed E-state index contributed by atoms with van der Waals surface area (Å²) >= 11 is 0. The van der Waals surface area contributed by atoms with Gasteiger partial charge in [0, 0.05) is 6.04 Å². The molecule has 0 amide bonds. The quantitative estimate of drug-likeness (QED) is 0.634. The lowest BCUT2D eigenvalue weighted by Crippen LogP contribution is -2.35. The van der Waals surface area contributed by atoms with E-state index in [2.05, 4.69) is 44.4 Å². The lowest BCUT2D eigenvalue weighted by atomic mass is 9.75. The average Bonchev–Trinajstić information content (AvgIpc) is 2.44. The van der Waals surface area contributed by atoms with Crippen LogP contribution in [0.1, 0.15) is 61.8 Å². The minimum atomic E-state index is 0.317. The van der Waals surface area contributed by atoms with Gasteiger partial charge >= 0.3 is 0 Å². The molecule has 1 atom stereocenters. The van der Waals surface area contributed by atoms with E-state index in [1.807, 2.05) is 0 Å². The predicted molar refractivity (Wildman–Crippen MR) is 81.7 cm³/mol. The van der Waals surface area contributed by atoms with Crippen LogP contribution < -0.4 is 11.3 Å². The second-order valence-electron chi connectivity index (χ2n) is 6.19. The van der Waals surface area contributed by atoms with Gasteiger partial charge in [-0.05, 0) is 49.7 Å². The standard InChI is InChI=1S/C17H28N2/c1-4-14-7-9-15(10-8-14)17(19-18)16-11-12(2)5-6-13(16)3/h5-6,11,14-15,17,19H,4,7-10,18H2,1-3H3. The van der Waals surface area contributed by atoms with Crippen molar-refractivity contribution in [1.29, 1.82) is 0 Å². The zero-order valence-electron chi connectivity index (χ0n) is 12.6. The Morgan fingerprint density at radius 1 is 1.21 bits per heavy atom. The summed E-state index contributed by atoms with van der Waals surface area (Å²) in [6, 6.07) is 7.01. The second kappa shape index (κ2) is 6.53.